The van der Waals surface area contributed by atoms with E-state index in [4.69, 9.17) is 4.52 Å². The summed E-state index contributed by atoms with van der Waals surface area (Å²) in [4.78, 5) is 20.2. The van der Waals surface area contributed by atoms with Crippen LogP contribution in [0.2, 0.25) is 0 Å². The number of carbonyl (C=O) groups excluding carboxylic acids is 1. The first-order valence-corrected chi connectivity index (χ1v) is 7.31. The molecule has 0 aliphatic heterocycles. The molecule has 8 heteroatoms. The fourth-order valence-electron chi connectivity index (χ4n) is 2.00. The quantitative estimate of drug-likeness (QED) is 0.737. The second-order valence-corrected chi connectivity index (χ2v) is 4.82. The smallest absolute Gasteiger partial charge is 0.271 e. The highest BCUT2D eigenvalue weighted by atomic mass is 16.5. The summed E-state index contributed by atoms with van der Waals surface area (Å²) in [6, 6.07) is 5.33. The first-order valence-electron chi connectivity index (χ1n) is 7.31. The molecular formula is C15H16N6O2. The molecule has 0 fully saturated rings. The third-order valence-corrected chi connectivity index (χ3v) is 3.21. The molecule has 1 N–H and O–H groups in total. The summed E-state index contributed by atoms with van der Waals surface area (Å²) in [6.07, 6.45) is 5.58. The second kappa shape index (κ2) is 6.82. The van der Waals surface area contributed by atoms with Crippen molar-refractivity contribution >= 4 is 5.91 Å². The fourth-order valence-corrected chi connectivity index (χ4v) is 2.00. The van der Waals surface area contributed by atoms with E-state index in [9.17, 15) is 4.79 Å². The molecule has 0 radical (unpaired) electrons. The zero-order valence-electron chi connectivity index (χ0n) is 12.6. The van der Waals surface area contributed by atoms with Gasteiger partial charge in [-0.1, -0.05) is 5.16 Å². The van der Waals surface area contributed by atoms with Gasteiger partial charge in [0.1, 0.15) is 5.69 Å². The lowest BCUT2D eigenvalue weighted by molar-refractivity contribution is 0.0948. The van der Waals surface area contributed by atoms with E-state index >= 15 is 0 Å². The van der Waals surface area contributed by atoms with Crippen LogP contribution in [0, 0.1) is 0 Å². The Kier molecular flexibility index (Phi) is 4.41. The van der Waals surface area contributed by atoms with Crippen molar-refractivity contribution in [3.05, 3.63) is 48.3 Å². The molecule has 118 valence electrons. The van der Waals surface area contributed by atoms with Crippen molar-refractivity contribution in [2.45, 2.75) is 19.9 Å². The van der Waals surface area contributed by atoms with E-state index in [2.05, 4.69) is 25.5 Å². The number of amides is 1. The van der Waals surface area contributed by atoms with Crippen LogP contribution in [0.3, 0.4) is 0 Å². The van der Waals surface area contributed by atoms with Crippen LogP contribution in [0.5, 0.6) is 0 Å². The van der Waals surface area contributed by atoms with Crippen molar-refractivity contribution in [2.75, 3.05) is 6.54 Å². The van der Waals surface area contributed by atoms with Gasteiger partial charge in [0, 0.05) is 38.1 Å². The number of carbonyl (C=O) groups is 1. The molecule has 3 heterocycles. The molecule has 0 spiro atoms. The summed E-state index contributed by atoms with van der Waals surface area (Å²) in [5.41, 5.74) is 1.16. The van der Waals surface area contributed by atoms with E-state index in [-0.39, 0.29) is 5.91 Å². The minimum absolute atomic E-state index is 0.215. The van der Waals surface area contributed by atoms with Gasteiger partial charge in [-0.25, -0.2) is 0 Å². The summed E-state index contributed by atoms with van der Waals surface area (Å²) in [5, 5.41) is 10.8. The maximum absolute atomic E-state index is 11.9. The Balaban J connectivity index is 1.53. The van der Waals surface area contributed by atoms with Gasteiger partial charge in [0.15, 0.2) is 5.82 Å². The number of nitrogens with zero attached hydrogens (tertiary/aromatic N) is 5. The first kappa shape index (κ1) is 14.9. The minimum Gasteiger partial charge on any atom is -0.350 e. The SMILES string of the molecule is CCn1ccc(C(=O)NCCc2noc(-c3cccnc3)n2)n1. The van der Waals surface area contributed by atoms with Crippen LogP contribution in [0.15, 0.2) is 41.3 Å². The van der Waals surface area contributed by atoms with Crippen molar-refractivity contribution in [3.8, 4) is 11.5 Å². The van der Waals surface area contributed by atoms with Crippen molar-refractivity contribution in [1.82, 2.24) is 30.2 Å². The molecule has 0 saturated heterocycles. The molecule has 1 amide bonds. The normalized spacial score (nSPS) is 10.7. The Labute approximate surface area is 132 Å². The van der Waals surface area contributed by atoms with E-state index in [0.717, 1.165) is 12.1 Å². The molecule has 3 aromatic heterocycles. The summed E-state index contributed by atoms with van der Waals surface area (Å²) < 4.78 is 6.88. The second-order valence-electron chi connectivity index (χ2n) is 4.82. The number of aryl methyl sites for hydroxylation is 1. The highest BCUT2D eigenvalue weighted by molar-refractivity contribution is 5.92. The standard InChI is InChI=1S/C15H16N6O2/c1-2-21-9-6-12(19-21)14(22)17-8-5-13-18-15(23-20-13)11-4-3-7-16-10-11/h3-4,6-7,9-10H,2,5,8H2,1H3,(H,17,22). The third-order valence-electron chi connectivity index (χ3n) is 3.21. The Morgan fingerprint density at radius 2 is 2.30 bits per heavy atom. The van der Waals surface area contributed by atoms with Crippen molar-refractivity contribution in [3.63, 3.8) is 0 Å². The Bertz CT molecular complexity index is 780. The van der Waals surface area contributed by atoms with Crippen LogP contribution in [-0.2, 0) is 13.0 Å². The van der Waals surface area contributed by atoms with Gasteiger partial charge < -0.3 is 9.84 Å². The van der Waals surface area contributed by atoms with Gasteiger partial charge in [0.2, 0.25) is 0 Å². The van der Waals surface area contributed by atoms with Crippen LogP contribution < -0.4 is 5.32 Å². The number of nitrogens with one attached hydrogen (secondary N) is 1. The van der Waals surface area contributed by atoms with Gasteiger partial charge in [-0.3, -0.25) is 14.5 Å². The van der Waals surface area contributed by atoms with Gasteiger partial charge in [-0.05, 0) is 25.1 Å². The van der Waals surface area contributed by atoms with Crippen LogP contribution in [0.25, 0.3) is 11.5 Å². The number of aromatic nitrogens is 5. The predicted octanol–water partition coefficient (Wildman–Crippen LogP) is 1.32. The van der Waals surface area contributed by atoms with E-state index in [1.165, 1.54) is 0 Å². The average Bonchev–Trinajstić information content (AvgIpc) is 3.25. The van der Waals surface area contributed by atoms with Gasteiger partial charge in [-0.15, -0.1) is 0 Å². The lowest BCUT2D eigenvalue weighted by Crippen LogP contribution is -2.26. The number of pyridine rings is 1. The topological polar surface area (TPSA) is 98.7 Å². The van der Waals surface area contributed by atoms with Crippen LogP contribution in [-0.4, -0.2) is 37.4 Å². The summed E-state index contributed by atoms with van der Waals surface area (Å²) in [7, 11) is 0. The van der Waals surface area contributed by atoms with Gasteiger partial charge >= 0.3 is 0 Å². The van der Waals surface area contributed by atoms with Crippen molar-refractivity contribution < 1.29 is 9.32 Å². The molecular weight excluding hydrogens is 296 g/mol. The molecule has 0 atom stereocenters. The molecule has 0 bridgehead atoms. The molecule has 8 nitrogen and oxygen atoms in total. The maximum atomic E-state index is 11.9. The van der Waals surface area contributed by atoms with Gasteiger partial charge in [0.25, 0.3) is 11.8 Å². The van der Waals surface area contributed by atoms with E-state index < -0.39 is 0 Å². The Morgan fingerprint density at radius 3 is 3.04 bits per heavy atom. The maximum Gasteiger partial charge on any atom is 0.271 e. The van der Waals surface area contributed by atoms with Crippen molar-refractivity contribution in [1.29, 1.82) is 0 Å². The predicted molar refractivity (Wildman–Crippen MR) is 81.5 cm³/mol. The fraction of sp³-hybridized carbons (Fsp3) is 0.267. The number of hydrogen-bond acceptors (Lipinski definition) is 6. The zero-order valence-corrected chi connectivity index (χ0v) is 12.6. The van der Waals surface area contributed by atoms with E-state index in [1.807, 2.05) is 13.0 Å². The number of hydrogen-bond donors (Lipinski definition) is 1. The lowest BCUT2D eigenvalue weighted by atomic mass is 10.3. The van der Waals surface area contributed by atoms with Crippen molar-refractivity contribution in [2.24, 2.45) is 0 Å². The molecule has 3 aromatic rings. The van der Waals surface area contributed by atoms with E-state index in [1.54, 1.807) is 35.4 Å². The molecule has 0 aromatic carbocycles. The minimum atomic E-state index is -0.215. The third kappa shape index (κ3) is 3.60. The summed E-state index contributed by atoms with van der Waals surface area (Å²) >= 11 is 0. The van der Waals surface area contributed by atoms with Gasteiger partial charge in [-0.2, -0.15) is 10.1 Å². The van der Waals surface area contributed by atoms with Crippen LogP contribution in [0.4, 0.5) is 0 Å². The molecule has 0 saturated carbocycles. The average molecular weight is 312 g/mol. The highest BCUT2D eigenvalue weighted by Crippen LogP contribution is 2.14. The Morgan fingerprint density at radius 1 is 1.39 bits per heavy atom. The lowest BCUT2D eigenvalue weighted by Gasteiger charge is -2.00. The van der Waals surface area contributed by atoms with E-state index in [0.29, 0.717) is 30.4 Å². The highest BCUT2D eigenvalue weighted by Gasteiger charge is 2.11. The zero-order chi connectivity index (χ0) is 16.1. The van der Waals surface area contributed by atoms with Crippen LogP contribution >= 0.6 is 0 Å². The molecule has 3 rings (SSSR count). The molecule has 23 heavy (non-hydrogen) atoms. The largest absolute Gasteiger partial charge is 0.350 e. The molecule has 0 aliphatic carbocycles. The molecule has 0 unspecified atom stereocenters. The summed E-state index contributed by atoms with van der Waals surface area (Å²) in [6.45, 7) is 3.10. The number of rotatable bonds is 6. The Hall–Kier alpha value is -3.03. The monoisotopic (exact) mass is 312 g/mol. The van der Waals surface area contributed by atoms with Crippen LogP contribution in [0.1, 0.15) is 23.2 Å². The summed E-state index contributed by atoms with van der Waals surface area (Å²) in [5.74, 6) is 0.734. The van der Waals surface area contributed by atoms with Gasteiger partial charge in [0.05, 0.1) is 5.56 Å². The first-order chi connectivity index (χ1) is 11.3. The molecule has 0 aliphatic rings.